The Labute approximate surface area is 114 Å². The fourth-order valence-corrected chi connectivity index (χ4v) is 1.90. The van der Waals surface area contributed by atoms with Gasteiger partial charge in [-0.3, -0.25) is 4.98 Å². The molecule has 0 spiro atoms. The van der Waals surface area contributed by atoms with Crippen LogP contribution in [0.2, 0.25) is 0 Å². The first-order valence-corrected chi connectivity index (χ1v) is 6.63. The van der Waals surface area contributed by atoms with Gasteiger partial charge in [-0.2, -0.15) is 0 Å². The predicted molar refractivity (Wildman–Crippen MR) is 77.6 cm³/mol. The van der Waals surface area contributed by atoms with E-state index in [9.17, 15) is 0 Å². The molecule has 0 aliphatic heterocycles. The van der Waals surface area contributed by atoms with E-state index in [1.54, 1.807) is 6.20 Å². The Morgan fingerprint density at radius 3 is 2.37 bits per heavy atom. The number of pyridine rings is 1. The molecule has 1 N–H and O–H groups in total. The van der Waals surface area contributed by atoms with Gasteiger partial charge in [0.25, 0.3) is 0 Å². The summed E-state index contributed by atoms with van der Waals surface area (Å²) in [5, 5.41) is 3.39. The first-order chi connectivity index (χ1) is 9.19. The molecule has 19 heavy (non-hydrogen) atoms. The fraction of sp³-hybridized carbons (Fsp3) is 0.312. The summed E-state index contributed by atoms with van der Waals surface area (Å²) < 4.78 is 5.75. The van der Waals surface area contributed by atoms with Crippen molar-refractivity contribution in [2.75, 3.05) is 6.54 Å². The van der Waals surface area contributed by atoms with Crippen LogP contribution >= 0.6 is 0 Å². The lowest BCUT2D eigenvalue weighted by Crippen LogP contribution is -2.17. The Balaban J connectivity index is 2.04. The molecule has 1 unspecified atom stereocenters. The highest BCUT2D eigenvalue weighted by atomic mass is 16.5. The second kappa shape index (κ2) is 6.34. The van der Waals surface area contributed by atoms with Crippen molar-refractivity contribution in [2.45, 2.75) is 26.8 Å². The van der Waals surface area contributed by atoms with Gasteiger partial charge in [0, 0.05) is 11.7 Å². The number of aromatic nitrogens is 1. The number of hydrogen-bond acceptors (Lipinski definition) is 3. The van der Waals surface area contributed by atoms with E-state index >= 15 is 0 Å². The molecule has 0 aliphatic carbocycles. The molecular formula is C16H20N2O. The fourth-order valence-electron chi connectivity index (χ4n) is 1.90. The molecule has 100 valence electrons. The molecule has 2 rings (SSSR count). The van der Waals surface area contributed by atoms with Crippen LogP contribution in [0.15, 0.2) is 42.6 Å². The maximum atomic E-state index is 5.75. The Morgan fingerprint density at radius 2 is 1.79 bits per heavy atom. The second-order valence-electron chi connectivity index (χ2n) is 4.59. The third-order valence-corrected chi connectivity index (χ3v) is 3.01. The van der Waals surface area contributed by atoms with E-state index < -0.39 is 0 Å². The molecule has 2 aromatic rings. The van der Waals surface area contributed by atoms with Crippen molar-refractivity contribution in [1.82, 2.24) is 10.3 Å². The average Bonchev–Trinajstić information content (AvgIpc) is 2.42. The van der Waals surface area contributed by atoms with Crippen LogP contribution in [0.4, 0.5) is 0 Å². The summed E-state index contributed by atoms with van der Waals surface area (Å²) >= 11 is 0. The largest absolute Gasteiger partial charge is 0.456 e. The predicted octanol–water partition coefficient (Wildman–Crippen LogP) is 3.85. The van der Waals surface area contributed by atoms with Crippen LogP contribution in [0.1, 0.15) is 31.1 Å². The molecule has 3 nitrogen and oxygen atoms in total. The molecule has 0 bridgehead atoms. The monoisotopic (exact) mass is 256 g/mol. The van der Waals surface area contributed by atoms with Crippen LogP contribution in [0.3, 0.4) is 0 Å². The van der Waals surface area contributed by atoms with E-state index in [2.05, 4.69) is 36.3 Å². The van der Waals surface area contributed by atoms with Crippen molar-refractivity contribution in [3.8, 4) is 11.5 Å². The van der Waals surface area contributed by atoms with Gasteiger partial charge >= 0.3 is 0 Å². The van der Waals surface area contributed by atoms with Gasteiger partial charge in [-0.15, -0.1) is 0 Å². The van der Waals surface area contributed by atoms with Gasteiger partial charge in [-0.25, -0.2) is 0 Å². The maximum Gasteiger partial charge on any atom is 0.145 e. The van der Waals surface area contributed by atoms with Gasteiger partial charge in [-0.1, -0.05) is 19.1 Å². The Hall–Kier alpha value is -1.87. The zero-order chi connectivity index (χ0) is 13.7. The number of rotatable bonds is 5. The maximum absolute atomic E-state index is 5.75. The Morgan fingerprint density at radius 1 is 1.11 bits per heavy atom. The highest BCUT2D eigenvalue weighted by molar-refractivity contribution is 5.33. The first-order valence-electron chi connectivity index (χ1n) is 6.63. The van der Waals surface area contributed by atoms with E-state index in [-0.39, 0.29) is 0 Å². The third-order valence-electron chi connectivity index (χ3n) is 3.01. The molecule has 0 saturated carbocycles. The summed E-state index contributed by atoms with van der Waals surface area (Å²) in [5.41, 5.74) is 2.25. The molecule has 1 heterocycles. The molecule has 1 aromatic carbocycles. The number of hydrogen-bond donors (Lipinski definition) is 1. The van der Waals surface area contributed by atoms with Gasteiger partial charge < -0.3 is 10.1 Å². The molecule has 0 saturated heterocycles. The molecule has 0 aliphatic rings. The van der Waals surface area contributed by atoms with Crippen molar-refractivity contribution >= 4 is 0 Å². The van der Waals surface area contributed by atoms with E-state index in [1.165, 1.54) is 5.56 Å². The lowest BCUT2D eigenvalue weighted by Gasteiger charge is -2.13. The van der Waals surface area contributed by atoms with Crippen LogP contribution in [-0.4, -0.2) is 11.5 Å². The van der Waals surface area contributed by atoms with E-state index in [4.69, 9.17) is 4.74 Å². The zero-order valence-corrected chi connectivity index (χ0v) is 11.7. The minimum atomic E-state index is 0.361. The molecule has 0 amide bonds. The average molecular weight is 256 g/mol. The summed E-state index contributed by atoms with van der Waals surface area (Å²) in [6.07, 6.45) is 1.74. The summed E-state index contributed by atoms with van der Waals surface area (Å²) in [4.78, 5) is 4.21. The standard InChI is InChI=1S/C16H20N2O/c1-4-17-13(3)14-6-9-15(10-7-14)19-16-8-5-12(2)18-11-16/h5-11,13,17H,4H2,1-3H3. The van der Waals surface area contributed by atoms with E-state index in [0.717, 1.165) is 23.7 Å². The van der Waals surface area contributed by atoms with Crippen molar-refractivity contribution in [1.29, 1.82) is 0 Å². The Bertz CT molecular complexity index is 505. The van der Waals surface area contributed by atoms with Crippen LogP contribution in [0.5, 0.6) is 11.5 Å². The lowest BCUT2D eigenvalue weighted by molar-refractivity contribution is 0.479. The van der Waals surface area contributed by atoms with Crippen LogP contribution in [0.25, 0.3) is 0 Å². The minimum Gasteiger partial charge on any atom is -0.456 e. The second-order valence-corrected chi connectivity index (χ2v) is 4.59. The zero-order valence-electron chi connectivity index (χ0n) is 11.7. The van der Waals surface area contributed by atoms with E-state index in [1.807, 2.05) is 31.2 Å². The van der Waals surface area contributed by atoms with E-state index in [0.29, 0.717) is 6.04 Å². The molecule has 1 aromatic heterocycles. The normalized spacial score (nSPS) is 12.2. The van der Waals surface area contributed by atoms with Crippen molar-refractivity contribution < 1.29 is 4.74 Å². The van der Waals surface area contributed by atoms with Gasteiger partial charge in [0.15, 0.2) is 0 Å². The molecular weight excluding hydrogens is 236 g/mol. The number of aryl methyl sites for hydroxylation is 1. The summed E-state index contributed by atoms with van der Waals surface area (Å²) in [6.45, 7) is 7.19. The molecule has 1 atom stereocenters. The van der Waals surface area contributed by atoms with Gasteiger partial charge in [0.05, 0.1) is 6.20 Å². The van der Waals surface area contributed by atoms with Gasteiger partial charge in [0.2, 0.25) is 0 Å². The number of nitrogens with one attached hydrogen (secondary N) is 1. The molecule has 0 fully saturated rings. The van der Waals surface area contributed by atoms with Crippen molar-refractivity contribution in [3.63, 3.8) is 0 Å². The number of nitrogens with zero attached hydrogens (tertiary/aromatic N) is 1. The van der Waals surface area contributed by atoms with Crippen molar-refractivity contribution in [2.24, 2.45) is 0 Å². The summed E-state index contributed by atoms with van der Waals surface area (Å²) in [5.74, 6) is 1.59. The van der Waals surface area contributed by atoms with Crippen LogP contribution < -0.4 is 10.1 Å². The van der Waals surface area contributed by atoms with Crippen LogP contribution in [0, 0.1) is 6.92 Å². The number of ether oxygens (including phenoxy) is 1. The third kappa shape index (κ3) is 3.80. The van der Waals surface area contributed by atoms with Gasteiger partial charge in [-0.05, 0) is 50.2 Å². The highest BCUT2D eigenvalue weighted by Crippen LogP contribution is 2.22. The highest BCUT2D eigenvalue weighted by Gasteiger charge is 2.04. The SMILES string of the molecule is CCNC(C)c1ccc(Oc2ccc(C)nc2)cc1. The summed E-state index contributed by atoms with van der Waals surface area (Å²) in [7, 11) is 0. The molecule has 3 heteroatoms. The topological polar surface area (TPSA) is 34.1 Å². The first kappa shape index (κ1) is 13.6. The molecule has 0 radical (unpaired) electrons. The van der Waals surface area contributed by atoms with Gasteiger partial charge in [0.1, 0.15) is 11.5 Å². The quantitative estimate of drug-likeness (QED) is 0.882. The van der Waals surface area contributed by atoms with Crippen LogP contribution in [-0.2, 0) is 0 Å². The van der Waals surface area contributed by atoms with Crippen molar-refractivity contribution in [3.05, 3.63) is 53.9 Å². The minimum absolute atomic E-state index is 0.361. The smallest absolute Gasteiger partial charge is 0.145 e. The summed E-state index contributed by atoms with van der Waals surface area (Å²) in [6, 6.07) is 12.4. The number of benzene rings is 1. The Kier molecular flexibility index (Phi) is 4.53. The lowest BCUT2D eigenvalue weighted by atomic mass is 10.1.